The van der Waals surface area contributed by atoms with E-state index in [0.717, 1.165) is 11.3 Å². The standard InChI is InChI=1S/C22H24FN5O/c1-16(22-26-25-15-27(22)2)24-13-17-14-28(20-9-5-3-7-18(17)20)11-12-29-21-10-6-4-8-19(21)23/h3-10,14-16,24H,11-13H2,1-2H3. The molecule has 0 saturated carbocycles. The number of halogens is 1. The monoisotopic (exact) mass is 393 g/mol. The minimum absolute atomic E-state index is 0.0778. The van der Waals surface area contributed by atoms with E-state index in [1.165, 1.54) is 17.0 Å². The summed E-state index contributed by atoms with van der Waals surface area (Å²) in [6.07, 6.45) is 3.83. The number of hydrogen-bond donors (Lipinski definition) is 1. The van der Waals surface area contributed by atoms with Crippen LogP contribution in [0.4, 0.5) is 4.39 Å². The molecule has 2 aromatic carbocycles. The molecule has 1 unspecified atom stereocenters. The van der Waals surface area contributed by atoms with Crippen LogP contribution in [0, 0.1) is 5.82 Å². The van der Waals surface area contributed by atoms with Crippen molar-refractivity contribution in [3.8, 4) is 5.75 Å². The molecule has 1 atom stereocenters. The number of nitrogens with zero attached hydrogens (tertiary/aromatic N) is 4. The van der Waals surface area contributed by atoms with Crippen LogP contribution in [0.5, 0.6) is 5.75 Å². The van der Waals surface area contributed by atoms with E-state index in [1.807, 2.05) is 23.7 Å². The second kappa shape index (κ2) is 8.45. The highest BCUT2D eigenvalue weighted by atomic mass is 19.1. The number of nitrogens with one attached hydrogen (secondary N) is 1. The average molecular weight is 393 g/mol. The van der Waals surface area contributed by atoms with E-state index in [0.29, 0.717) is 19.7 Å². The van der Waals surface area contributed by atoms with Crippen LogP contribution in [0.3, 0.4) is 0 Å². The Morgan fingerprint density at radius 1 is 1.14 bits per heavy atom. The van der Waals surface area contributed by atoms with Gasteiger partial charge in [-0.25, -0.2) is 4.39 Å². The third-order valence-corrected chi connectivity index (χ3v) is 5.03. The minimum atomic E-state index is -0.340. The molecule has 0 radical (unpaired) electrons. The number of benzene rings is 2. The highest BCUT2D eigenvalue weighted by molar-refractivity contribution is 5.83. The summed E-state index contributed by atoms with van der Waals surface area (Å²) >= 11 is 0. The summed E-state index contributed by atoms with van der Waals surface area (Å²) in [5, 5.41) is 12.8. The van der Waals surface area contributed by atoms with E-state index in [2.05, 4.69) is 45.3 Å². The molecule has 0 spiro atoms. The Morgan fingerprint density at radius 2 is 1.93 bits per heavy atom. The van der Waals surface area contributed by atoms with Gasteiger partial charge in [0.25, 0.3) is 0 Å². The normalized spacial score (nSPS) is 12.4. The van der Waals surface area contributed by atoms with E-state index < -0.39 is 0 Å². The zero-order valence-corrected chi connectivity index (χ0v) is 16.5. The number of ether oxygens (including phenoxy) is 1. The van der Waals surface area contributed by atoms with Gasteiger partial charge in [0.1, 0.15) is 18.8 Å². The molecule has 2 aromatic heterocycles. The predicted octanol–water partition coefficient (Wildman–Crippen LogP) is 3.84. The number of aryl methyl sites for hydroxylation is 1. The fourth-order valence-electron chi connectivity index (χ4n) is 3.50. The van der Waals surface area contributed by atoms with Crippen LogP contribution in [-0.2, 0) is 20.1 Å². The molecule has 0 saturated heterocycles. The lowest BCUT2D eigenvalue weighted by Crippen LogP contribution is -2.21. The van der Waals surface area contributed by atoms with Crippen LogP contribution >= 0.6 is 0 Å². The lowest BCUT2D eigenvalue weighted by Gasteiger charge is -2.12. The molecule has 0 aliphatic heterocycles. The maximum Gasteiger partial charge on any atom is 0.165 e. The van der Waals surface area contributed by atoms with Gasteiger partial charge in [0.2, 0.25) is 0 Å². The lowest BCUT2D eigenvalue weighted by atomic mass is 10.1. The van der Waals surface area contributed by atoms with Crippen LogP contribution in [0.25, 0.3) is 10.9 Å². The van der Waals surface area contributed by atoms with E-state index in [-0.39, 0.29) is 17.6 Å². The van der Waals surface area contributed by atoms with Crippen molar-refractivity contribution < 1.29 is 9.13 Å². The average Bonchev–Trinajstić information content (AvgIpc) is 3.31. The van der Waals surface area contributed by atoms with E-state index in [4.69, 9.17) is 4.74 Å². The first kappa shape index (κ1) is 19.1. The molecular weight excluding hydrogens is 369 g/mol. The lowest BCUT2D eigenvalue weighted by molar-refractivity contribution is 0.286. The van der Waals surface area contributed by atoms with Crippen LogP contribution in [-0.4, -0.2) is 25.9 Å². The molecule has 6 nitrogen and oxygen atoms in total. The molecule has 0 aliphatic carbocycles. The van der Waals surface area contributed by atoms with Crippen LogP contribution in [0.15, 0.2) is 61.1 Å². The number of rotatable bonds is 8. The maximum atomic E-state index is 13.7. The largest absolute Gasteiger partial charge is 0.489 e. The van der Waals surface area contributed by atoms with Gasteiger partial charge in [-0.1, -0.05) is 30.3 Å². The Kier molecular flexibility index (Phi) is 5.57. The Hall–Kier alpha value is -3.19. The fourth-order valence-corrected chi connectivity index (χ4v) is 3.50. The van der Waals surface area contributed by atoms with Gasteiger partial charge in [0.05, 0.1) is 12.6 Å². The maximum absolute atomic E-state index is 13.7. The first-order chi connectivity index (χ1) is 14.1. The Morgan fingerprint density at radius 3 is 2.72 bits per heavy atom. The van der Waals surface area contributed by atoms with Crippen LogP contribution in [0.2, 0.25) is 0 Å². The van der Waals surface area contributed by atoms with Gasteiger partial charge in [-0.05, 0) is 30.7 Å². The van der Waals surface area contributed by atoms with E-state index in [9.17, 15) is 4.39 Å². The van der Waals surface area contributed by atoms with Crippen LogP contribution < -0.4 is 10.1 Å². The molecule has 0 bridgehead atoms. The topological polar surface area (TPSA) is 56.9 Å². The third kappa shape index (κ3) is 4.14. The highest BCUT2D eigenvalue weighted by Crippen LogP contribution is 2.23. The van der Waals surface area contributed by atoms with E-state index in [1.54, 1.807) is 24.5 Å². The summed E-state index contributed by atoms with van der Waals surface area (Å²) in [6, 6.07) is 14.8. The molecule has 0 fully saturated rings. The smallest absolute Gasteiger partial charge is 0.165 e. The minimum Gasteiger partial charge on any atom is -0.489 e. The second-order valence-electron chi connectivity index (χ2n) is 7.05. The van der Waals surface area contributed by atoms with Crippen molar-refractivity contribution in [1.29, 1.82) is 0 Å². The second-order valence-corrected chi connectivity index (χ2v) is 7.05. The molecule has 1 N–H and O–H groups in total. The third-order valence-electron chi connectivity index (χ3n) is 5.03. The number of aromatic nitrogens is 4. The van der Waals surface area contributed by atoms with Crippen molar-refractivity contribution in [2.75, 3.05) is 6.61 Å². The molecule has 0 aliphatic rings. The van der Waals surface area contributed by atoms with E-state index >= 15 is 0 Å². The number of hydrogen-bond acceptors (Lipinski definition) is 4. The number of para-hydroxylation sites is 2. The molecule has 7 heteroatoms. The molecule has 4 rings (SSSR count). The summed E-state index contributed by atoms with van der Waals surface area (Å²) in [5.41, 5.74) is 2.33. The van der Waals surface area contributed by atoms with Gasteiger partial charge in [0.15, 0.2) is 11.6 Å². The SMILES string of the molecule is CC(NCc1cn(CCOc2ccccc2F)c2ccccc12)c1nncn1C. The predicted molar refractivity (Wildman–Crippen MR) is 110 cm³/mol. The quantitative estimate of drug-likeness (QED) is 0.494. The van der Waals surface area contributed by atoms with Crippen molar-refractivity contribution in [2.45, 2.75) is 26.1 Å². The van der Waals surface area contributed by atoms with Crippen molar-refractivity contribution in [2.24, 2.45) is 7.05 Å². The molecule has 2 heterocycles. The first-order valence-corrected chi connectivity index (χ1v) is 9.65. The van der Waals surface area contributed by atoms with Crippen molar-refractivity contribution in [3.05, 3.63) is 78.3 Å². The Bertz CT molecular complexity index is 1100. The molecule has 150 valence electrons. The van der Waals surface area contributed by atoms with Gasteiger partial charge in [-0.15, -0.1) is 10.2 Å². The van der Waals surface area contributed by atoms with Crippen molar-refractivity contribution in [3.63, 3.8) is 0 Å². The van der Waals surface area contributed by atoms with Gasteiger partial charge in [-0.3, -0.25) is 0 Å². The summed E-state index contributed by atoms with van der Waals surface area (Å²) in [4.78, 5) is 0. The Balaban J connectivity index is 1.46. The summed E-state index contributed by atoms with van der Waals surface area (Å²) in [5.74, 6) is 0.836. The van der Waals surface area contributed by atoms with Gasteiger partial charge < -0.3 is 19.2 Å². The molecule has 4 aromatic rings. The summed E-state index contributed by atoms with van der Waals surface area (Å²) in [6.45, 7) is 3.80. The zero-order chi connectivity index (χ0) is 20.2. The zero-order valence-electron chi connectivity index (χ0n) is 16.5. The summed E-state index contributed by atoms with van der Waals surface area (Å²) < 4.78 is 23.4. The van der Waals surface area contributed by atoms with Gasteiger partial charge in [0, 0.05) is 30.7 Å². The molecular formula is C22H24FN5O. The van der Waals surface area contributed by atoms with Crippen molar-refractivity contribution >= 4 is 10.9 Å². The Labute approximate surface area is 168 Å². The van der Waals surface area contributed by atoms with Crippen molar-refractivity contribution in [1.82, 2.24) is 24.6 Å². The number of fused-ring (bicyclic) bond motifs is 1. The van der Waals surface area contributed by atoms with Gasteiger partial charge >= 0.3 is 0 Å². The molecule has 0 amide bonds. The highest BCUT2D eigenvalue weighted by Gasteiger charge is 2.13. The summed E-state index contributed by atoms with van der Waals surface area (Å²) in [7, 11) is 1.94. The van der Waals surface area contributed by atoms with Gasteiger partial charge in [-0.2, -0.15) is 0 Å². The van der Waals surface area contributed by atoms with Crippen LogP contribution in [0.1, 0.15) is 24.4 Å². The fraction of sp³-hybridized carbons (Fsp3) is 0.273. The molecule has 29 heavy (non-hydrogen) atoms. The first-order valence-electron chi connectivity index (χ1n) is 9.65.